The molecule has 88 valence electrons. The molecule has 0 aliphatic carbocycles. The number of benzene rings is 1. The molecule has 2 nitrogen and oxygen atoms in total. The van der Waals surface area contributed by atoms with Crippen LogP contribution < -0.4 is 4.74 Å². The summed E-state index contributed by atoms with van der Waals surface area (Å²) in [6.07, 6.45) is 0. The molecule has 0 heterocycles. The summed E-state index contributed by atoms with van der Waals surface area (Å²) in [5, 5.41) is 0.395. The molecule has 0 unspecified atom stereocenters. The lowest BCUT2D eigenvalue weighted by atomic mass is 10.1. The highest BCUT2D eigenvalue weighted by molar-refractivity contribution is 8.00. The van der Waals surface area contributed by atoms with Gasteiger partial charge in [-0.25, -0.2) is 4.39 Å². The van der Waals surface area contributed by atoms with Gasteiger partial charge in [-0.15, -0.1) is 0 Å². The van der Waals surface area contributed by atoms with Crippen LogP contribution >= 0.6 is 11.8 Å². The van der Waals surface area contributed by atoms with Gasteiger partial charge >= 0.3 is 0 Å². The molecule has 0 fully saturated rings. The number of ketones is 1. The molecule has 0 saturated heterocycles. The second-order valence-electron chi connectivity index (χ2n) is 3.63. The first kappa shape index (κ1) is 13.0. The average Bonchev–Trinajstić information content (AvgIpc) is 2.25. The van der Waals surface area contributed by atoms with Crippen LogP contribution in [0.4, 0.5) is 4.39 Å². The van der Waals surface area contributed by atoms with Crippen molar-refractivity contribution in [3.8, 4) is 5.75 Å². The smallest absolute Gasteiger partial charge is 0.172 e. The fourth-order valence-electron chi connectivity index (χ4n) is 1.17. The standard InChI is InChI=1S/C12H15FO2S/c1-8(2)16-7-11(14)9-4-5-12(15-3)10(13)6-9/h4-6,8H,7H2,1-3H3. The first-order chi connectivity index (χ1) is 7.54. The number of ether oxygens (including phenoxy) is 1. The minimum absolute atomic E-state index is 0.0553. The number of hydrogen-bond acceptors (Lipinski definition) is 3. The van der Waals surface area contributed by atoms with E-state index in [1.54, 1.807) is 17.8 Å². The Labute approximate surface area is 99.2 Å². The molecule has 0 radical (unpaired) electrons. The molecule has 16 heavy (non-hydrogen) atoms. The van der Waals surface area contributed by atoms with Crippen molar-refractivity contribution < 1.29 is 13.9 Å². The molecule has 0 atom stereocenters. The Hall–Kier alpha value is -1.03. The third-order valence-corrected chi connectivity index (χ3v) is 3.12. The van der Waals surface area contributed by atoms with Gasteiger partial charge in [-0.1, -0.05) is 13.8 Å². The van der Waals surface area contributed by atoms with Gasteiger partial charge in [0.25, 0.3) is 0 Å². The Morgan fingerprint density at radius 2 is 2.19 bits per heavy atom. The fraction of sp³-hybridized carbons (Fsp3) is 0.417. The van der Waals surface area contributed by atoms with Crippen molar-refractivity contribution in [2.75, 3.05) is 12.9 Å². The molecule has 1 rings (SSSR count). The number of halogens is 1. The van der Waals surface area contributed by atoms with E-state index >= 15 is 0 Å². The number of methoxy groups -OCH3 is 1. The van der Waals surface area contributed by atoms with Crippen LogP contribution in [0.15, 0.2) is 18.2 Å². The molecule has 0 N–H and O–H groups in total. The summed E-state index contributed by atoms with van der Waals surface area (Å²) >= 11 is 1.55. The topological polar surface area (TPSA) is 26.3 Å². The number of thioether (sulfide) groups is 1. The number of carbonyl (C=O) groups excluding carboxylic acids is 1. The van der Waals surface area contributed by atoms with E-state index in [9.17, 15) is 9.18 Å². The molecule has 0 saturated carbocycles. The zero-order chi connectivity index (χ0) is 12.1. The van der Waals surface area contributed by atoms with Crippen molar-refractivity contribution in [1.29, 1.82) is 0 Å². The number of rotatable bonds is 5. The van der Waals surface area contributed by atoms with Crippen LogP contribution in [0.5, 0.6) is 5.75 Å². The highest BCUT2D eigenvalue weighted by atomic mass is 32.2. The molecule has 4 heteroatoms. The molecular weight excluding hydrogens is 227 g/mol. The minimum Gasteiger partial charge on any atom is -0.494 e. The van der Waals surface area contributed by atoms with Crippen molar-refractivity contribution in [1.82, 2.24) is 0 Å². The largest absolute Gasteiger partial charge is 0.494 e. The zero-order valence-corrected chi connectivity index (χ0v) is 10.4. The van der Waals surface area contributed by atoms with Gasteiger partial charge in [-0.2, -0.15) is 11.8 Å². The maximum absolute atomic E-state index is 13.3. The van der Waals surface area contributed by atoms with E-state index in [0.717, 1.165) is 0 Å². The van der Waals surface area contributed by atoms with Crippen molar-refractivity contribution in [2.24, 2.45) is 0 Å². The first-order valence-corrected chi connectivity index (χ1v) is 6.07. The molecule has 0 amide bonds. The monoisotopic (exact) mass is 242 g/mol. The number of Topliss-reactive ketones (excluding diaryl/α,β-unsaturated/α-hetero) is 1. The van der Waals surface area contributed by atoms with Crippen molar-refractivity contribution in [2.45, 2.75) is 19.1 Å². The van der Waals surface area contributed by atoms with Crippen LogP contribution in [-0.4, -0.2) is 23.9 Å². The van der Waals surface area contributed by atoms with E-state index in [1.165, 1.54) is 19.2 Å². The van der Waals surface area contributed by atoms with Gasteiger partial charge < -0.3 is 4.74 Å². The molecule has 0 spiro atoms. The Bertz CT molecular complexity index is 377. The van der Waals surface area contributed by atoms with Crippen LogP contribution in [-0.2, 0) is 0 Å². The second-order valence-corrected chi connectivity index (χ2v) is 5.20. The summed E-state index contributed by atoms with van der Waals surface area (Å²) < 4.78 is 18.1. The highest BCUT2D eigenvalue weighted by Crippen LogP contribution is 2.19. The predicted molar refractivity (Wildman–Crippen MR) is 64.9 cm³/mol. The van der Waals surface area contributed by atoms with Gasteiger partial charge in [-0.05, 0) is 23.4 Å². The summed E-state index contributed by atoms with van der Waals surface area (Å²) in [4.78, 5) is 11.7. The van der Waals surface area contributed by atoms with Crippen LogP contribution in [0.25, 0.3) is 0 Å². The molecule has 1 aromatic carbocycles. The third-order valence-electron chi connectivity index (χ3n) is 2.02. The Morgan fingerprint density at radius 1 is 1.50 bits per heavy atom. The normalized spacial score (nSPS) is 10.6. The van der Waals surface area contributed by atoms with E-state index in [2.05, 4.69) is 0 Å². The van der Waals surface area contributed by atoms with Crippen LogP contribution in [0.2, 0.25) is 0 Å². The van der Waals surface area contributed by atoms with Gasteiger partial charge in [0.2, 0.25) is 0 Å². The molecule has 0 bridgehead atoms. The summed E-state index contributed by atoms with van der Waals surface area (Å²) in [7, 11) is 1.40. The maximum Gasteiger partial charge on any atom is 0.172 e. The van der Waals surface area contributed by atoms with Gasteiger partial charge in [-0.3, -0.25) is 4.79 Å². The molecule has 1 aromatic rings. The van der Waals surface area contributed by atoms with Crippen molar-refractivity contribution in [3.05, 3.63) is 29.6 Å². The number of carbonyl (C=O) groups is 1. The van der Waals surface area contributed by atoms with Gasteiger partial charge in [0.05, 0.1) is 12.9 Å². The Balaban J connectivity index is 2.73. The van der Waals surface area contributed by atoms with Crippen molar-refractivity contribution in [3.63, 3.8) is 0 Å². The summed E-state index contributed by atoms with van der Waals surface area (Å²) in [6, 6.07) is 4.29. The van der Waals surface area contributed by atoms with E-state index in [4.69, 9.17) is 4.74 Å². The quantitative estimate of drug-likeness (QED) is 0.742. The summed E-state index contributed by atoms with van der Waals surface area (Å²) in [5.41, 5.74) is 0.395. The SMILES string of the molecule is COc1ccc(C(=O)CSC(C)C)cc1F. The molecule has 0 aromatic heterocycles. The molecule has 0 aliphatic rings. The predicted octanol–water partition coefficient (Wildman–Crippen LogP) is 3.16. The molecular formula is C12H15FO2S. The van der Waals surface area contributed by atoms with Crippen LogP contribution in [0, 0.1) is 5.82 Å². The van der Waals surface area contributed by atoms with Crippen LogP contribution in [0.1, 0.15) is 24.2 Å². The number of hydrogen-bond donors (Lipinski definition) is 0. The second kappa shape index (κ2) is 5.89. The van der Waals surface area contributed by atoms with Crippen LogP contribution in [0.3, 0.4) is 0 Å². The lowest BCUT2D eigenvalue weighted by molar-refractivity contribution is 0.102. The summed E-state index contributed by atoms with van der Waals surface area (Å²) in [6.45, 7) is 4.04. The van der Waals surface area contributed by atoms with E-state index in [1.807, 2.05) is 13.8 Å². The lowest BCUT2D eigenvalue weighted by Gasteiger charge is -2.06. The summed E-state index contributed by atoms with van der Waals surface area (Å²) in [5.74, 6) is -0.0140. The van der Waals surface area contributed by atoms with E-state index in [0.29, 0.717) is 16.6 Å². The van der Waals surface area contributed by atoms with Crippen molar-refractivity contribution >= 4 is 17.5 Å². The van der Waals surface area contributed by atoms with E-state index < -0.39 is 5.82 Å². The Kier molecular flexibility index (Phi) is 4.80. The van der Waals surface area contributed by atoms with E-state index in [-0.39, 0.29) is 11.5 Å². The highest BCUT2D eigenvalue weighted by Gasteiger charge is 2.10. The zero-order valence-electron chi connectivity index (χ0n) is 9.62. The first-order valence-electron chi connectivity index (χ1n) is 5.03. The lowest BCUT2D eigenvalue weighted by Crippen LogP contribution is -2.05. The van der Waals surface area contributed by atoms with Gasteiger partial charge in [0, 0.05) is 5.56 Å². The maximum atomic E-state index is 13.3. The minimum atomic E-state index is -0.497. The third kappa shape index (κ3) is 3.52. The van der Waals surface area contributed by atoms with Gasteiger partial charge in [0.1, 0.15) is 0 Å². The average molecular weight is 242 g/mol. The van der Waals surface area contributed by atoms with Gasteiger partial charge in [0.15, 0.2) is 17.3 Å². The molecule has 0 aliphatic heterocycles. The Morgan fingerprint density at radius 3 is 2.69 bits per heavy atom. The fourth-order valence-corrected chi connectivity index (χ4v) is 1.82.